The molecule has 0 bridgehead atoms. The second-order valence-electron chi connectivity index (χ2n) is 4.36. The van der Waals surface area contributed by atoms with E-state index in [-0.39, 0.29) is 0 Å². The molecule has 0 saturated heterocycles. The minimum Gasteiger partial charge on any atom is -0.467 e. The van der Waals surface area contributed by atoms with Gasteiger partial charge in [0.1, 0.15) is 10.8 Å². The molecule has 0 aliphatic carbocycles. The topological polar surface area (TPSA) is 76.7 Å². The molecule has 6 nitrogen and oxygen atoms in total. The summed E-state index contributed by atoms with van der Waals surface area (Å²) in [6, 6.07) is 5.77. The zero-order valence-corrected chi connectivity index (χ0v) is 13.2. The highest BCUT2D eigenvalue weighted by molar-refractivity contribution is 8.01. The van der Waals surface area contributed by atoms with E-state index in [4.69, 9.17) is 4.42 Å². The number of hydrogen-bond acceptors (Lipinski definition) is 8. The van der Waals surface area contributed by atoms with Gasteiger partial charge in [-0.3, -0.25) is 0 Å². The molecule has 3 heterocycles. The van der Waals surface area contributed by atoms with Crippen LogP contribution in [-0.4, -0.2) is 20.4 Å². The van der Waals surface area contributed by atoms with Gasteiger partial charge in [0.05, 0.1) is 18.5 Å². The Bertz CT molecular complexity index is 726. The second-order valence-corrected chi connectivity index (χ2v) is 6.60. The fourth-order valence-corrected chi connectivity index (χ4v) is 3.27. The molecule has 0 fully saturated rings. The number of furan rings is 1. The molecule has 3 rings (SSSR count). The molecule has 0 saturated carbocycles. The first-order valence-electron chi connectivity index (χ1n) is 6.29. The molecule has 0 radical (unpaired) electrons. The lowest BCUT2D eigenvalue weighted by molar-refractivity contribution is 0.518. The number of anilines is 1. The Morgan fingerprint density at radius 3 is 2.90 bits per heavy atom. The lowest BCUT2D eigenvalue weighted by Crippen LogP contribution is -1.96. The predicted molar refractivity (Wildman–Crippen MR) is 81.6 cm³/mol. The molecule has 0 amide bonds. The van der Waals surface area contributed by atoms with Gasteiger partial charge < -0.3 is 9.73 Å². The first kappa shape index (κ1) is 14.0. The Labute approximate surface area is 130 Å². The predicted octanol–water partition coefficient (Wildman–Crippen LogP) is 3.30. The molecule has 0 unspecified atom stereocenters. The molecule has 3 aromatic rings. The van der Waals surface area contributed by atoms with Crippen LogP contribution in [0, 0.1) is 13.8 Å². The normalized spacial score (nSPS) is 10.8. The Hall–Kier alpha value is -1.93. The Morgan fingerprint density at radius 2 is 2.14 bits per heavy atom. The molecule has 0 aliphatic heterocycles. The third-order valence-electron chi connectivity index (χ3n) is 2.80. The van der Waals surface area contributed by atoms with Crippen LogP contribution in [0.5, 0.6) is 0 Å². The SMILES string of the molecule is Cc1cc(Sc2nnc(NCc3ccco3)s2)nnc1C. The van der Waals surface area contributed by atoms with Crippen molar-refractivity contribution in [3.05, 3.63) is 41.5 Å². The van der Waals surface area contributed by atoms with Gasteiger partial charge in [0, 0.05) is 0 Å². The summed E-state index contributed by atoms with van der Waals surface area (Å²) >= 11 is 2.94. The highest BCUT2D eigenvalue weighted by Crippen LogP contribution is 2.31. The maximum absolute atomic E-state index is 5.25. The van der Waals surface area contributed by atoms with E-state index < -0.39 is 0 Å². The van der Waals surface area contributed by atoms with Crippen molar-refractivity contribution in [2.75, 3.05) is 5.32 Å². The second kappa shape index (κ2) is 6.23. The van der Waals surface area contributed by atoms with Crippen LogP contribution in [0.3, 0.4) is 0 Å². The standard InChI is InChI=1S/C13H13N5OS2/c1-8-6-11(16-15-9(8)2)20-13-18-17-12(21-13)14-7-10-4-3-5-19-10/h3-6H,7H2,1-2H3,(H,14,17). The third-order valence-corrected chi connectivity index (χ3v) is 4.64. The van der Waals surface area contributed by atoms with E-state index >= 15 is 0 Å². The smallest absolute Gasteiger partial charge is 0.206 e. The number of nitrogens with zero attached hydrogens (tertiary/aromatic N) is 4. The van der Waals surface area contributed by atoms with E-state index in [0.717, 1.165) is 31.5 Å². The number of rotatable bonds is 5. The summed E-state index contributed by atoms with van der Waals surface area (Å²) in [6.07, 6.45) is 1.65. The number of aryl methyl sites for hydroxylation is 2. The van der Waals surface area contributed by atoms with Crippen molar-refractivity contribution in [1.29, 1.82) is 0 Å². The van der Waals surface area contributed by atoms with Gasteiger partial charge in [-0.1, -0.05) is 11.3 Å². The molecule has 3 aromatic heterocycles. The quantitative estimate of drug-likeness (QED) is 0.773. The van der Waals surface area contributed by atoms with E-state index in [2.05, 4.69) is 25.7 Å². The largest absolute Gasteiger partial charge is 0.467 e. The maximum Gasteiger partial charge on any atom is 0.206 e. The summed E-state index contributed by atoms with van der Waals surface area (Å²) in [5.74, 6) is 0.861. The minimum atomic E-state index is 0.593. The van der Waals surface area contributed by atoms with Gasteiger partial charge in [-0.2, -0.15) is 5.10 Å². The Morgan fingerprint density at radius 1 is 1.24 bits per heavy atom. The molecule has 8 heteroatoms. The van der Waals surface area contributed by atoms with Crippen molar-refractivity contribution >= 4 is 28.2 Å². The summed E-state index contributed by atoms with van der Waals surface area (Å²) in [5.41, 5.74) is 2.06. The van der Waals surface area contributed by atoms with E-state index in [9.17, 15) is 0 Å². The third kappa shape index (κ3) is 3.59. The summed E-state index contributed by atoms with van der Waals surface area (Å²) in [5, 5.41) is 21.2. The van der Waals surface area contributed by atoms with Crippen LogP contribution in [0.4, 0.5) is 5.13 Å². The molecule has 108 valence electrons. The average molecular weight is 319 g/mol. The van der Waals surface area contributed by atoms with Crippen molar-refractivity contribution < 1.29 is 4.42 Å². The first-order chi connectivity index (χ1) is 10.2. The fourth-order valence-electron chi connectivity index (χ4n) is 1.56. The van der Waals surface area contributed by atoms with Gasteiger partial charge >= 0.3 is 0 Å². The van der Waals surface area contributed by atoms with Gasteiger partial charge in [0.25, 0.3) is 0 Å². The zero-order valence-electron chi connectivity index (χ0n) is 11.5. The average Bonchev–Trinajstić information content (AvgIpc) is 3.12. The summed E-state index contributed by atoms with van der Waals surface area (Å²) in [6.45, 7) is 4.55. The van der Waals surface area contributed by atoms with Gasteiger partial charge in [0.2, 0.25) is 5.13 Å². The van der Waals surface area contributed by atoms with Crippen LogP contribution in [0.1, 0.15) is 17.0 Å². The van der Waals surface area contributed by atoms with Crippen molar-refractivity contribution in [2.24, 2.45) is 0 Å². The fraction of sp³-hybridized carbons (Fsp3) is 0.231. The summed E-state index contributed by atoms with van der Waals surface area (Å²) < 4.78 is 6.08. The number of aromatic nitrogens is 4. The van der Waals surface area contributed by atoms with E-state index in [1.165, 1.54) is 23.1 Å². The summed E-state index contributed by atoms with van der Waals surface area (Å²) in [7, 11) is 0. The van der Waals surface area contributed by atoms with E-state index in [1.54, 1.807) is 6.26 Å². The lowest BCUT2D eigenvalue weighted by Gasteiger charge is -1.99. The Kier molecular flexibility index (Phi) is 4.16. The van der Waals surface area contributed by atoms with Crippen molar-refractivity contribution in [3.8, 4) is 0 Å². The summed E-state index contributed by atoms with van der Waals surface area (Å²) in [4.78, 5) is 0. The molecular weight excluding hydrogens is 306 g/mol. The highest BCUT2D eigenvalue weighted by Gasteiger charge is 2.08. The van der Waals surface area contributed by atoms with E-state index in [0.29, 0.717) is 6.54 Å². The van der Waals surface area contributed by atoms with Crippen LogP contribution in [0.15, 0.2) is 38.2 Å². The van der Waals surface area contributed by atoms with Gasteiger partial charge in [-0.25, -0.2) is 0 Å². The van der Waals surface area contributed by atoms with E-state index in [1.807, 2.05) is 32.0 Å². The highest BCUT2D eigenvalue weighted by atomic mass is 32.2. The van der Waals surface area contributed by atoms with Crippen LogP contribution >= 0.6 is 23.1 Å². The van der Waals surface area contributed by atoms with Crippen LogP contribution in [0.25, 0.3) is 0 Å². The number of hydrogen-bond donors (Lipinski definition) is 1. The minimum absolute atomic E-state index is 0.593. The molecule has 1 N–H and O–H groups in total. The van der Waals surface area contributed by atoms with Crippen molar-refractivity contribution in [1.82, 2.24) is 20.4 Å². The lowest BCUT2D eigenvalue weighted by atomic mass is 10.3. The molecule has 21 heavy (non-hydrogen) atoms. The van der Waals surface area contributed by atoms with Crippen LogP contribution < -0.4 is 5.32 Å². The van der Waals surface area contributed by atoms with Gasteiger partial charge in [-0.15, -0.1) is 15.3 Å². The van der Waals surface area contributed by atoms with Crippen LogP contribution in [-0.2, 0) is 6.54 Å². The van der Waals surface area contributed by atoms with Crippen molar-refractivity contribution in [3.63, 3.8) is 0 Å². The zero-order chi connectivity index (χ0) is 14.7. The molecule has 0 spiro atoms. The molecular formula is C13H13N5OS2. The maximum atomic E-state index is 5.25. The van der Waals surface area contributed by atoms with Gasteiger partial charge in [0.15, 0.2) is 4.34 Å². The molecule has 0 aromatic carbocycles. The Balaban J connectivity index is 1.63. The monoisotopic (exact) mass is 319 g/mol. The van der Waals surface area contributed by atoms with Crippen LogP contribution in [0.2, 0.25) is 0 Å². The van der Waals surface area contributed by atoms with Crippen molar-refractivity contribution in [2.45, 2.75) is 29.8 Å². The molecule has 0 atom stereocenters. The number of nitrogens with one attached hydrogen (secondary N) is 1. The van der Waals surface area contributed by atoms with Gasteiger partial charge in [-0.05, 0) is 49.4 Å². The first-order valence-corrected chi connectivity index (χ1v) is 7.92. The molecule has 0 aliphatic rings.